The van der Waals surface area contributed by atoms with Gasteiger partial charge in [-0.2, -0.15) is 10.4 Å². The molecule has 0 bridgehead atoms. The topological polar surface area (TPSA) is 148 Å². The Morgan fingerprint density at radius 2 is 2.00 bits per heavy atom. The number of aliphatic hydroxyl groups excluding tert-OH is 1. The third-order valence-electron chi connectivity index (χ3n) is 8.05. The van der Waals surface area contributed by atoms with Crippen LogP contribution >= 0.6 is 11.6 Å². The maximum Gasteiger partial charge on any atom is 0.307 e. The highest BCUT2D eigenvalue weighted by molar-refractivity contribution is 6.30. The standard InChI is InChI=1S/C30H30ClN5O5/c1-17-12-20(6-8-24(17)41-25-13-18(2)34-35-28(25)39)27(38)33-22-10-11-30(15-32,16-37)26-9-7-23(36(26)29(22)40)19-4-3-5-21(31)14-19/h3-6,8,12-14,22-23,26,37H,7,9-11,16H2,1-2H3,(H,33,38)(H,35,39)/t22-,23+,26?,30-/m1/s1. The molecule has 4 atom stereocenters. The largest absolute Gasteiger partial charge is 0.451 e. The number of nitriles is 1. The average molecular weight is 576 g/mol. The van der Waals surface area contributed by atoms with Gasteiger partial charge < -0.3 is 20.1 Å². The van der Waals surface area contributed by atoms with Crippen LogP contribution in [0.3, 0.4) is 0 Å². The number of ether oxygens (including phenoxy) is 1. The monoisotopic (exact) mass is 575 g/mol. The number of nitrogens with one attached hydrogen (secondary N) is 2. The van der Waals surface area contributed by atoms with Crippen molar-refractivity contribution in [3.8, 4) is 17.6 Å². The molecule has 3 heterocycles. The zero-order valence-corrected chi connectivity index (χ0v) is 23.4. The van der Waals surface area contributed by atoms with E-state index in [4.69, 9.17) is 16.3 Å². The van der Waals surface area contributed by atoms with Crippen LogP contribution in [0.4, 0.5) is 0 Å². The van der Waals surface area contributed by atoms with Crippen LogP contribution in [0.25, 0.3) is 0 Å². The first-order valence-electron chi connectivity index (χ1n) is 13.4. The number of aryl methyl sites for hydroxylation is 2. The number of aliphatic hydroxyl groups is 1. The lowest BCUT2D eigenvalue weighted by atomic mass is 9.77. The van der Waals surface area contributed by atoms with Crippen LogP contribution in [0.1, 0.15) is 58.9 Å². The van der Waals surface area contributed by atoms with Crippen LogP contribution in [0, 0.1) is 30.6 Å². The fourth-order valence-electron chi connectivity index (χ4n) is 5.88. The molecule has 2 aliphatic heterocycles. The van der Waals surface area contributed by atoms with E-state index in [-0.39, 0.29) is 37.1 Å². The predicted molar refractivity (Wildman–Crippen MR) is 151 cm³/mol. The molecule has 2 saturated heterocycles. The van der Waals surface area contributed by atoms with E-state index in [0.29, 0.717) is 40.4 Å². The number of hydrogen-bond donors (Lipinski definition) is 3. The number of nitrogens with zero attached hydrogens (tertiary/aromatic N) is 3. The summed E-state index contributed by atoms with van der Waals surface area (Å²) in [4.78, 5) is 41.1. The number of amides is 2. The molecule has 11 heteroatoms. The van der Waals surface area contributed by atoms with E-state index in [1.54, 1.807) is 49.1 Å². The number of halogens is 1. The number of rotatable bonds is 6. The van der Waals surface area contributed by atoms with Gasteiger partial charge in [0.15, 0.2) is 5.75 Å². The van der Waals surface area contributed by atoms with Crippen LogP contribution in [-0.2, 0) is 4.79 Å². The normalized spacial score (nSPS) is 23.8. The summed E-state index contributed by atoms with van der Waals surface area (Å²) in [5.41, 5.74) is 0.741. The molecule has 212 valence electrons. The summed E-state index contributed by atoms with van der Waals surface area (Å²) in [6, 6.07) is 14.2. The Balaban J connectivity index is 1.39. The SMILES string of the molecule is Cc1cc(Oc2ccc(C(=O)N[C@@H]3CC[C@@](C#N)(CO)C4CC[C@@H](c5cccc(Cl)c5)N4C3=O)cc2C)c(=O)[nH]n1. The molecule has 10 nitrogen and oxygen atoms in total. The highest BCUT2D eigenvalue weighted by atomic mass is 35.5. The van der Waals surface area contributed by atoms with Crippen molar-refractivity contribution < 1.29 is 19.4 Å². The van der Waals surface area contributed by atoms with Gasteiger partial charge in [0.25, 0.3) is 5.91 Å². The summed E-state index contributed by atoms with van der Waals surface area (Å²) in [6.07, 6.45) is 1.63. The minimum absolute atomic E-state index is 0.0844. The van der Waals surface area contributed by atoms with Gasteiger partial charge in [-0.25, -0.2) is 5.10 Å². The Hall–Kier alpha value is -4.20. The lowest BCUT2D eigenvalue weighted by Crippen LogP contribution is -2.51. The average Bonchev–Trinajstić information content (AvgIpc) is 3.37. The molecule has 3 N–H and O–H groups in total. The first-order chi connectivity index (χ1) is 19.7. The second-order valence-corrected chi connectivity index (χ2v) is 11.1. The van der Waals surface area contributed by atoms with Crippen molar-refractivity contribution in [3.05, 3.63) is 86.3 Å². The van der Waals surface area contributed by atoms with Crippen molar-refractivity contribution in [2.75, 3.05) is 6.61 Å². The Kier molecular flexibility index (Phi) is 7.84. The zero-order valence-electron chi connectivity index (χ0n) is 22.7. The second kappa shape index (κ2) is 11.4. The van der Waals surface area contributed by atoms with Gasteiger partial charge in [-0.05, 0) is 81.0 Å². The van der Waals surface area contributed by atoms with E-state index >= 15 is 0 Å². The van der Waals surface area contributed by atoms with Gasteiger partial charge in [-0.3, -0.25) is 14.4 Å². The number of carbonyl (C=O) groups is 2. The van der Waals surface area contributed by atoms with Gasteiger partial charge in [0.2, 0.25) is 5.91 Å². The van der Waals surface area contributed by atoms with Crippen LogP contribution in [0.2, 0.25) is 5.02 Å². The van der Waals surface area contributed by atoms with E-state index < -0.39 is 29.0 Å². The first-order valence-corrected chi connectivity index (χ1v) is 13.8. The molecule has 2 aromatic carbocycles. The second-order valence-electron chi connectivity index (χ2n) is 10.7. The Labute approximate surface area is 241 Å². The molecule has 0 radical (unpaired) electrons. The maximum atomic E-state index is 14.0. The Bertz CT molecular complexity index is 1600. The summed E-state index contributed by atoms with van der Waals surface area (Å²) in [5.74, 6) is -0.269. The van der Waals surface area contributed by atoms with Crippen LogP contribution in [-0.4, -0.2) is 50.7 Å². The molecule has 2 aliphatic rings. The molecule has 3 aromatic rings. The van der Waals surface area contributed by atoms with Crippen LogP contribution in [0.15, 0.2) is 53.3 Å². The zero-order chi connectivity index (χ0) is 29.3. The summed E-state index contributed by atoms with van der Waals surface area (Å²) < 4.78 is 5.76. The molecule has 1 aromatic heterocycles. The van der Waals surface area contributed by atoms with Crippen molar-refractivity contribution in [1.82, 2.24) is 20.4 Å². The van der Waals surface area contributed by atoms with Gasteiger partial charge in [0.1, 0.15) is 17.2 Å². The van der Waals surface area contributed by atoms with Gasteiger partial charge in [0.05, 0.1) is 30.5 Å². The first kappa shape index (κ1) is 28.3. The van der Waals surface area contributed by atoms with Crippen molar-refractivity contribution in [2.45, 2.75) is 57.7 Å². The van der Waals surface area contributed by atoms with Crippen LogP contribution < -0.4 is 15.6 Å². The number of aromatic nitrogens is 2. The third kappa shape index (κ3) is 5.43. The summed E-state index contributed by atoms with van der Waals surface area (Å²) in [5, 5.41) is 30.1. The van der Waals surface area contributed by atoms with Crippen molar-refractivity contribution in [3.63, 3.8) is 0 Å². The fourth-order valence-corrected chi connectivity index (χ4v) is 6.08. The molecule has 0 spiro atoms. The van der Waals surface area contributed by atoms with Gasteiger partial charge in [0, 0.05) is 16.7 Å². The van der Waals surface area contributed by atoms with E-state index in [9.17, 15) is 24.8 Å². The maximum absolute atomic E-state index is 14.0. The van der Waals surface area contributed by atoms with Crippen molar-refractivity contribution in [1.29, 1.82) is 5.26 Å². The van der Waals surface area contributed by atoms with Crippen molar-refractivity contribution in [2.24, 2.45) is 5.41 Å². The highest BCUT2D eigenvalue weighted by Gasteiger charge is 2.53. The molecule has 0 saturated carbocycles. The molecular weight excluding hydrogens is 546 g/mol. The molecule has 2 fully saturated rings. The molecule has 1 unspecified atom stereocenters. The summed E-state index contributed by atoms with van der Waals surface area (Å²) in [7, 11) is 0. The van der Waals surface area contributed by atoms with Crippen LogP contribution in [0.5, 0.6) is 11.5 Å². The van der Waals surface area contributed by atoms with E-state index in [1.165, 1.54) is 6.07 Å². The van der Waals surface area contributed by atoms with E-state index in [1.807, 2.05) is 12.1 Å². The minimum atomic E-state index is -1.14. The Morgan fingerprint density at radius 3 is 2.71 bits per heavy atom. The summed E-state index contributed by atoms with van der Waals surface area (Å²) >= 11 is 6.25. The molecule has 0 aliphatic carbocycles. The number of H-pyrrole nitrogens is 1. The number of aromatic amines is 1. The number of hydrogen-bond acceptors (Lipinski definition) is 7. The quantitative estimate of drug-likeness (QED) is 0.403. The molecule has 41 heavy (non-hydrogen) atoms. The van der Waals surface area contributed by atoms with E-state index in [2.05, 4.69) is 21.6 Å². The molecule has 2 amide bonds. The van der Waals surface area contributed by atoms with E-state index in [0.717, 1.165) is 5.56 Å². The lowest BCUT2D eigenvalue weighted by molar-refractivity contribution is -0.137. The van der Waals surface area contributed by atoms with Gasteiger partial charge in [-0.1, -0.05) is 23.7 Å². The number of carbonyl (C=O) groups excluding carboxylic acids is 2. The lowest BCUT2D eigenvalue weighted by Gasteiger charge is -2.37. The molecule has 5 rings (SSSR count). The Morgan fingerprint density at radius 1 is 1.20 bits per heavy atom. The third-order valence-corrected chi connectivity index (χ3v) is 8.29. The van der Waals surface area contributed by atoms with Crippen molar-refractivity contribution >= 4 is 23.4 Å². The minimum Gasteiger partial charge on any atom is -0.451 e. The summed E-state index contributed by atoms with van der Waals surface area (Å²) in [6.45, 7) is 3.08. The number of fused-ring (bicyclic) bond motifs is 1. The fraction of sp³-hybridized carbons (Fsp3) is 0.367. The van der Waals surface area contributed by atoms with Gasteiger partial charge in [-0.15, -0.1) is 0 Å². The highest BCUT2D eigenvalue weighted by Crippen LogP contribution is 2.47. The predicted octanol–water partition coefficient (Wildman–Crippen LogP) is 3.96. The smallest absolute Gasteiger partial charge is 0.307 e. The number of benzene rings is 2. The molecular formula is C30H30ClN5O5. The van der Waals surface area contributed by atoms with Gasteiger partial charge >= 0.3 is 5.56 Å².